The summed E-state index contributed by atoms with van der Waals surface area (Å²) in [5.74, 6) is 0.845. The second kappa shape index (κ2) is 7.08. The third-order valence-electron chi connectivity index (χ3n) is 4.02. The normalized spacial score (nSPS) is 15.2. The summed E-state index contributed by atoms with van der Waals surface area (Å²) in [6, 6.07) is 0. The van der Waals surface area contributed by atoms with E-state index >= 15 is 0 Å². The van der Waals surface area contributed by atoms with Crippen LogP contribution >= 0.6 is 11.3 Å². The Labute approximate surface area is 141 Å². The first-order valence-corrected chi connectivity index (χ1v) is 8.91. The standard InChI is InChI=1S/C17H23N5S/c1-4-6-18-16-10-19-15(9-20-16)14-11-22(7-5-12(14)2)17-21-8-13(3)23-17/h8-10H,4-7,11H2,1-3H3,(H,18,20). The SMILES string of the molecule is CCCNc1cnc(C2=C(C)CCN(c3ncc(C)s3)C2)cn1. The predicted molar refractivity (Wildman–Crippen MR) is 97.1 cm³/mol. The maximum atomic E-state index is 4.61. The van der Waals surface area contributed by atoms with E-state index in [1.54, 1.807) is 11.3 Å². The smallest absolute Gasteiger partial charge is 0.185 e. The molecule has 0 aromatic carbocycles. The highest BCUT2D eigenvalue weighted by Crippen LogP contribution is 2.30. The quantitative estimate of drug-likeness (QED) is 0.905. The summed E-state index contributed by atoms with van der Waals surface area (Å²) in [4.78, 5) is 17.2. The molecule has 2 aromatic heterocycles. The molecule has 3 heterocycles. The van der Waals surface area contributed by atoms with Crippen LogP contribution < -0.4 is 10.2 Å². The zero-order valence-electron chi connectivity index (χ0n) is 14.0. The highest BCUT2D eigenvalue weighted by molar-refractivity contribution is 7.15. The van der Waals surface area contributed by atoms with Crippen molar-refractivity contribution in [3.8, 4) is 0 Å². The molecule has 0 saturated heterocycles. The average Bonchev–Trinajstić information content (AvgIpc) is 3.00. The molecule has 0 radical (unpaired) electrons. The Morgan fingerprint density at radius 1 is 1.17 bits per heavy atom. The predicted octanol–water partition coefficient (Wildman–Crippen LogP) is 3.75. The largest absolute Gasteiger partial charge is 0.369 e. The molecule has 0 aliphatic carbocycles. The van der Waals surface area contributed by atoms with Gasteiger partial charge in [0.15, 0.2) is 5.13 Å². The maximum absolute atomic E-state index is 4.61. The number of hydrogen-bond donors (Lipinski definition) is 1. The fourth-order valence-electron chi connectivity index (χ4n) is 2.64. The molecule has 5 nitrogen and oxygen atoms in total. The number of anilines is 2. The fourth-order valence-corrected chi connectivity index (χ4v) is 3.42. The molecule has 0 amide bonds. The van der Waals surface area contributed by atoms with E-state index in [0.717, 1.165) is 49.1 Å². The van der Waals surface area contributed by atoms with Crippen LogP contribution in [0.3, 0.4) is 0 Å². The van der Waals surface area contributed by atoms with Crippen LogP contribution in [0.2, 0.25) is 0 Å². The number of aromatic nitrogens is 3. The van der Waals surface area contributed by atoms with Gasteiger partial charge in [0.25, 0.3) is 0 Å². The van der Waals surface area contributed by atoms with Gasteiger partial charge >= 0.3 is 0 Å². The number of hydrogen-bond acceptors (Lipinski definition) is 6. The Kier molecular flexibility index (Phi) is 4.91. The van der Waals surface area contributed by atoms with Crippen molar-refractivity contribution < 1.29 is 0 Å². The Bertz CT molecular complexity index is 689. The second-order valence-corrected chi connectivity index (χ2v) is 7.11. The number of nitrogens with one attached hydrogen (secondary N) is 1. The van der Waals surface area contributed by atoms with Gasteiger partial charge in [0.1, 0.15) is 5.82 Å². The van der Waals surface area contributed by atoms with E-state index in [2.05, 4.69) is 45.9 Å². The summed E-state index contributed by atoms with van der Waals surface area (Å²) in [6.45, 7) is 9.24. The lowest BCUT2D eigenvalue weighted by Crippen LogP contribution is -2.31. The summed E-state index contributed by atoms with van der Waals surface area (Å²) in [5.41, 5.74) is 3.65. The number of thiazole rings is 1. The monoisotopic (exact) mass is 329 g/mol. The Hall–Kier alpha value is -1.95. The fraction of sp³-hybridized carbons (Fsp3) is 0.471. The van der Waals surface area contributed by atoms with Crippen LogP contribution in [0.4, 0.5) is 10.9 Å². The van der Waals surface area contributed by atoms with Crippen molar-refractivity contribution in [1.29, 1.82) is 0 Å². The van der Waals surface area contributed by atoms with Crippen LogP contribution in [-0.2, 0) is 0 Å². The van der Waals surface area contributed by atoms with Crippen molar-refractivity contribution in [2.45, 2.75) is 33.6 Å². The molecule has 0 fully saturated rings. The van der Waals surface area contributed by atoms with Gasteiger partial charge in [-0.3, -0.25) is 4.98 Å². The lowest BCUT2D eigenvalue weighted by molar-refractivity contribution is 0.792. The Balaban J connectivity index is 1.77. The van der Waals surface area contributed by atoms with Crippen molar-refractivity contribution in [2.24, 2.45) is 0 Å². The van der Waals surface area contributed by atoms with Gasteiger partial charge in [-0.05, 0) is 32.3 Å². The van der Waals surface area contributed by atoms with E-state index in [1.165, 1.54) is 16.0 Å². The van der Waals surface area contributed by atoms with Gasteiger partial charge in [-0.15, -0.1) is 11.3 Å². The van der Waals surface area contributed by atoms with Gasteiger partial charge in [0.05, 0.1) is 18.1 Å². The summed E-state index contributed by atoms with van der Waals surface area (Å²) < 4.78 is 0. The van der Waals surface area contributed by atoms with Crippen LogP contribution in [-0.4, -0.2) is 34.6 Å². The first-order valence-electron chi connectivity index (χ1n) is 8.09. The second-order valence-electron chi connectivity index (χ2n) is 5.90. The first-order chi connectivity index (χ1) is 11.2. The molecule has 1 N–H and O–H groups in total. The molecule has 0 spiro atoms. The Morgan fingerprint density at radius 2 is 2.04 bits per heavy atom. The molecule has 122 valence electrons. The van der Waals surface area contributed by atoms with Gasteiger partial charge in [0, 0.05) is 30.7 Å². The molecule has 2 aromatic rings. The third kappa shape index (κ3) is 3.69. The van der Waals surface area contributed by atoms with E-state index in [9.17, 15) is 0 Å². The van der Waals surface area contributed by atoms with Gasteiger partial charge in [0.2, 0.25) is 0 Å². The molecule has 1 aliphatic rings. The van der Waals surface area contributed by atoms with Crippen LogP contribution in [0.1, 0.15) is 37.3 Å². The van der Waals surface area contributed by atoms with Crippen LogP contribution in [0, 0.1) is 6.92 Å². The zero-order chi connectivity index (χ0) is 16.2. The summed E-state index contributed by atoms with van der Waals surface area (Å²) in [7, 11) is 0. The van der Waals surface area contributed by atoms with E-state index in [-0.39, 0.29) is 0 Å². The molecule has 0 atom stereocenters. The van der Waals surface area contributed by atoms with Crippen LogP contribution in [0.25, 0.3) is 5.57 Å². The minimum Gasteiger partial charge on any atom is -0.369 e. The minimum atomic E-state index is 0.845. The highest BCUT2D eigenvalue weighted by atomic mass is 32.1. The van der Waals surface area contributed by atoms with Crippen LogP contribution in [0.15, 0.2) is 24.2 Å². The summed E-state index contributed by atoms with van der Waals surface area (Å²) in [5, 5.41) is 4.36. The van der Waals surface area contributed by atoms with Gasteiger partial charge in [-0.1, -0.05) is 12.5 Å². The van der Waals surface area contributed by atoms with Crippen molar-refractivity contribution in [2.75, 3.05) is 29.9 Å². The molecular weight excluding hydrogens is 306 g/mol. The molecule has 0 saturated carbocycles. The minimum absolute atomic E-state index is 0.845. The molecule has 1 aliphatic heterocycles. The van der Waals surface area contributed by atoms with E-state index in [4.69, 9.17) is 0 Å². The molecule has 23 heavy (non-hydrogen) atoms. The Morgan fingerprint density at radius 3 is 2.70 bits per heavy atom. The molecule has 3 rings (SSSR count). The maximum Gasteiger partial charge on any atom is 0.185 e. The average molecular weight is 329 g/mol. The highest BCUT2D eigenvalue weighted by Gasteiger charge is 2.21. The van der Waals surface area contributed by atoms with E-state index in [0.29, 0.717) is 0 Å². The topological polar surface area (TPSA) is 53.9 Å². The van der Waals surface area contributed by atoms with Crippen LogP contribution in [0.5, 0.6) is 0 Å². The third-order valence-corrected chi connectivity index (χ3v) is 4.99. The van der Waals surface area contributed by atoms with Crippen molar-refractivity contribution in [3.63, 3.8) is 0 Å². The molecular formula is C17H23N5S. The van der Waals surface area contributed by atoms with E-state index < -0.39 is 0 Å². The van der Waals surface area contributed by atoms with E-state index in [1.807, 2.05) is 18.6 Å². The lowest BCUT2D eigenvalue weighted by atomic mass is 9.99. The van der Waals surface area contributed by atoms with Crippen molar-refractivity contribution in [3.05, 3.63) is 34.7 Å². The first kappa shape index (κ1) is 15.9. The lowest BCUT2D eigenvalue weighted by Gasteiger charge is -2.29. The molecule has 6 heteroatoms. The number of rotatable bonds is 5. The molecule has 0 bridgehead atoms. The van der Waals surface area contributed by atoms with Crippen molar-refractivity contribution >= 4 is 27.9 Å². The van der Waals surface area contributed by atoms with Gasteiger partial charge in [-0.2, -0.15) is 0 Å². The van der Waals surface area contributed by atoms with Crippen molar-refractivity contribution in [1.82, 2.24) is 15.0 Å². The van der Waals surface area contributed by atoms with Gasteiger partial charge in [-0.25, -0.2) is 9.97 Å². The number of nitrogens with zero attached hydrogens (tertiary/aromatic N) is 4. The zero-order valence-corrected chi connectivity index (χ0v) is 14.8. The molecule has 0 unspecified atom stereocenters. The number of aryl methyl sites for hydroxylation is 1. The summed E-state index contributed by atoms with van der Waals surface area (Å²) >= 11 is 1.75. The van der Waals surface area contributed by atoms with Gasteiger partial charge < -0.3 is 10.2 Å². The summed E-state index contributed by atoms with van der Waals surface area (Å²) in [6.07, 6.45) is 7.78.